The fraction of sp³-hybridized carbons (Fsp3) is 0.559. The van der Waals surface area contributed by atoms with E-state index in [1.165, 1.54) is 0 Å². The number of aliphatic hydroxyl groups is 3. The van der Waals surface area contributed by atoms with E-state index in [2.05, 4.69) is 11.8 Å². The van der Waals surface area contributed by atoms with Crippen molar-refractivity contribution in [3.63, 3.8) is 0 Å². The number of carbonyl (C=O) groups is 3. The van der Waals surface area contributed by atoms with Crippen molar-refractivity contribution in [2.45, 2.75) is 93.6 Å². The zero-order valence-electron chi connectivity index (χ0n) is 25.7. The zero-order valence-corrected chi connectivity index (χ0v) is 25.7. The zero-order chi connectivity index (χ0) is 31.2. The predicted molar refractivity (Wildman–Crippen MR) is 156 cm³/mol. The molecular formula is C34H42O7. The van der Waals surface area contributed by atoms with Gasteiger partial charge in [-0.15, -0.1) is 0 Å². The SMILES string of the molecule is CC(=O)C1=C(O)[C@]2(O)C(=O)C3=C(O)c4c(O)c(C#CC(C)(C)C)cc(C(C)C)c4C[C@]3(C)C[C@]2(C)C(C(C)C)C1=O. The summed E-state index contributed by atoms with van der Waals surface area (Å²) in [4.78, 5) is 40.7. The van der Waals surface area contributed by atoms with E-state index >= 15 is 0 Å². The molecule has 0 heterocycles. The van der Waals surface area contributed by atoms with E-state index < -0.39 is 56.8 Å². The second-order valence-electron chi connectivity index (χ2n) is 14.3. The first kappa shape index (κ1) is 30.6. The molecule has 7 heteroatoms. The Morgan fingerprint density at radius 3 is 2.15 bits per heavy atom. The number of allylic oxidation sites excluding steroid dienone is 1. The number of fused-ring (bicyclic) bond motifs is 3. The summed E-state index contributed by atoms with van der Waals surface area (Å²) in [5.74, 6) is 0.801. The molecule has 4 N–H and O–H groups in total. The fourth-order valence-electron chi connectivity index (χ4n) is 7.68. The summed E-state index contributed by atoms with van der Waals surface area (Å²) >= 11 is 0. The summed E-state index contributed by atoms with van der Waals surface area (Å²) in [5, 5.41) is 46.8. The lowest BCUT2D eigenvalue weighted by atomic mass is 9.43. The highest BCUT2D eigenvalue weighted by Crippen LogP contribution is 2.65. The molecule has 41 heavy (non-hydrogen) atoms. The Balaban J connectivity index is 2.10. The Kier molecular flexibility index (Phi) is 6.95. The van der Waals surface area contributed by atoms with Crippen molar-refractivity contribution < 1.29 is 34.8 Å². The number of phenolic OH excluding ortho intramolecular Hbond substituents is 1. The van der Waals surface area contributed by atoms with Crippen LogP contribution in [0.2, 0.25) is 0 Å². The van der Waals surface area contributed by atoms with E-state index in [0.29, 0.717) is 11.1 Å². The second-order valence-corrected chi connectivity index (χ2v) is 14.3. The van der Waals surface area contributed by atoms with E-state index in [1.54, 1.807) is 20.8 Å². The van der Waals surface area contributed by atoms with E-state index in [0.717, 1.165) is 12.5 Å². The number of rotatable bonds is 3. The molecule has 220 valence electrons. The molecule has 1 fully saturated rings. The molecular weight excluding hydrogens is 520 g/mol. The van der Waals surface area contributed by atoms with E-state index in [1.807, 2.05) is 47.6 Å². The molecule has 1 saturated carbocycles. The fourth-order valence-corrected chi connectivity index (χ4v) is 7.68. The van der Waals surface area contributed by atoms with Gasteiger partial charge in [0.15, 0.2) is 17.2 Å². The van der Waals surface area contributed by atoms with Gasteiger partial charge in [0, 0.05) is 27.7 Å². The molecule has 0 bridgehead atoms. The maximum absolute atomic E-state index is 14.5. The minimum Gasteiger partial charge on any atom is -0.508 e. The number of carbonyl (C=O) groups excluding carboxylic acids is 3. The van der Waals surface area contributed by atoms with Crippen LogP contribution >= 0.6 is 0 Å². The maximum atomic E-state index is 14.5. The van der Waals surface area contributed by atoms with Crippen LogP contribution in [0.3, 0.4) is 0 Å². The molecule has 4 atom stereocenters. The lowest BCUT2D eigenvalue weighted by molar-refractivity contribution is -0.178. The number of aliphatic hydroxyl groups excluding tert-OH is 2. The number of hydrogen-bond acceptors (Lipinski definition) is 7. The summed E-state index contributed by atoms with van der Waals surface area (Å²) in [5.41, 5.74) is -4.28. The summed E-state index contributed by atoms with van der Waals surface area (Å²) in [6.45, 7) is 17.9. The smallest absolute Gasteiger partial charge is 0.203 e. The summed E-state index contributed by atoms with van der Waals surface area (Å²) in [6, 6.07) is 1.83. The van der Waals surface area contributed by atoms with Crippen molar-refractivity contribution in [3.05, 3.63) is 45.2 Å². The molecule has 3 aliphatic rings. The van der Waals surface area contributed by atoms with Gasteiger partial charge in [-0.25, -0.2) is 0 Å². The summed E-state index contributed by atoms with van der Waals surface area (Å²) < 4.78 is 0. The molecule has 0 saturated heterocycles. The first-order valence-corrected chi connectivity index (χ1v) is 14.3. The minimum absolute atomic E-state index is 0.00549. The van der Waals surface area contributed by atoms with Gasteiger partial charge < -0.3 is 20.4 Å². The lowest BCUT2D eigenvalue weighted by Crippen LogP contribution is -2.69. The van der Waals surface area contributed by atoms with Gasteiger partial charge in [-0.2, -0.15) is 0 Å². The molecule has 1 aromatic carbocycles. The van der Waals surface area contributed by atoms with Crippen LogP contribution in [0.5, 0.6) is 5.75 Å². The number of aromatic hydroxyl groups is 1. The highest BCUT2D eigenvalue weighted by Gasteiger charge is 2.72. The van der Waals surface area contributed by atoms with Gasteiger partial charge in [-0.05, 0) is 69.6 Å². The first-order valence-electron chi connectivity index (χ1n) is 14.3. The summed E-state index contributed by atoms with van der Waals surface area (Å²) in [7, 11) is 0. The Morgan fingerprint density at radius 2 is 1.66 bits per heavy atom. The molecule has 1 aromatic rings. The van der Waals surface area contributed by atoms with Gasteiger partial charge in [0.2, 0.25) is 5.78 Å². The average molecular weight is 563 g/mol. The van der Waals surface area contributed by atoms with Crippen LogP contribution in [-0.4, -0.2) is 43.4 Å². The molecule has 4 rings (SSSR count). The van der Waals surface area contributed by atoms with E-state index in [-0.39, 0.29) is 47.0 Å². The Hall–Kier alpha value is -3.37. The molecule has 0 radical (unpaired) electrons. The lowest BCUT2D eigenvalue weighted by Gasteiger charge is -2.59. The quantitative estimate of drug-likeness (QED) is 0.274. The third-order valence-corrected chi connectivity index (χ3v) is 9.23. The summed E-state index contributed by atoms with van der Waals surface area (Å²) in [6.07, 6.45) is 0.311. The van der Waals surface area contributed by atoms with E-state index in [4.69, 9.17) is 0 Å². The monoisotopic (exact) mass is 562 g/mol. The van der Waals surface area contributed by atoms with Gasteiger partial charge in [0.1, 0.15) is 22.8 Å². The van der Waals surface area contributed by atoms with Gasteiger partial charge in [-0.1, -0.05) is 53.4 Å². The largest absolute Gasteiger partial charge is 0.508 e. The highest BCUT2D eigenvalue weighted by molar-refractivity contribution is 6.24. The van der Waals surface area contributed by atoms with Crippen LogP contribution in [0.4, 0.5) is 0 Å². The molecule has 1 unspecified atom stereocenters. The van der Waals surface area contributed by atoms with Crippen molar-refractivity contribution in [1.82, 2.24) is 0 Å². The Labute approximate surface area is 242 Å². The number of ketones is 3. The molecule has 3 aliphatic carbocycles. The molecule has 0 amide bonds. The van der Waals surface area contributed by atoms with Crippen LogP contribution in [0.1, 0.15) is 104 Å². The normalized spacial score (nSPS) is 29.7. The third-order valence-electron chi connectivity index (χ3n) is 9.23. The van der Waals surface area contributed by atoms with Crippen LogP contribution in [0.25, 0.3) is 5.76 Å². The first-order chi connectivity index (χ1) is 18.6. The maximum Gasteiger partial charge on any atom is 0.203 e. The number of benzene rings is 1. The average Bonchev–Trinajstić information content (AvgIpc) is 2.79. The Bertz CT molecular complexity index is 1520. The van der Waals surface area contributed by atoms with Crippen molar-refractivity contribution in [3.8, 4) is 17.6 Å². The predicted octanol–water partition coefficient (Wildman–Crippen LogP) is 5.71. The van der Waals surface area contributed by atoms with E-state index in [9.17, 15) is 34.8 Å². The van der Waals surface area contributed by atoms with Crippen molar-refractivity contribution in [2.75, 3.05) is 0 Å². The Morgan fingerprint density at radius 1 is 1.07 bits per heavy atom. The van der Waals surface area contributed by atoms with Crippen molar-refractivity contribution in [1.29, 1.82) is 0 Å². The van der Waals surface area contributed by atoms with Crippen LogP contribution in [0.15, 0.2) is 23.0 Å². The van der Waals surface area contributed by atoms with Gasteiger partial charge >= 0.3 is 0 Å². The van der Waals surface area contributed by atoms with Crippen molar-refractivity contribution in [2.24, 2.45) is 28.1 Å². The van der Waals surface area contributed by atoms with Crippen molar-refractivity contribution >= 4 is 23.1 Å². The van der Waals surface area contributed by atoms with Gasteiger partial charge in [-0.3, -0.25) is 14.4 Å². The highest BCUT2D eigenvalue weighted by atomic mass is 16.3. The van der Waals surface area contributed by atoms with Gasteiger partial charge in [0.05, 0.1) is 11.1 Å². The topological polar surface area (TPSA) is 132 Å². The molecule has 7 nitrogen and oxygen atoms in total. The minimum atomic E-state index is -2.63. The molecule has 0 aromatic heterocycles. The third kappa shape index (κ3) is 4.17. The van der Waals surface area contributed by atoms with Gasteiger partial charge in [0.25, 0.3) is 0 Å². The number of phenols is 1. The second kappa shape index (κ2) is 9.32. The number of Topliss-reactive ketones (excluding diaryl/α,β-unsaturated/α-hetero) is 3. The molecule has 0 aliphatic heterocycles. The van der Waals surface area contributed by atoms with Crippen LogP contribution in [-0.2, 0) is 20.8 Å². The molecule has 0 spiro atoms. The standard InChI is InChI=1S/C34H42O7/c1-16(2)20-13-19(11-12-31(6,7)8)26(36)23-21(20)14-32(9)15-33(10)24(17(3)4)27(37)22(18(5)35)29(39)34(33,41)30(40)25(32)28(23)38/h13,16-17,24,36,38-39,41H,14-15H2,1-10H3/t24?,32-,33-,34+/m1/s1. The number of hydrogen-bond donors (Lipinski definition) is 4. The van der Waals surface area contributed by atoms with Crippen LogP contribution in [0, 0.1) is 39.9 Å². The van der Waals surface area contributed by atoms with Crippen LogP contribution < -0.4 is 0 Å².